The molecule has 0 aromatic heterocycles. The summed E-state index contributed by atoms with van der Waals surface area (Å²) in [7, 11) is 0. The van der Waals surface area contributed by atoms with E-state index in [2.05, 4.69) is 177 Å². The van der Waals surface area contributed by atoms with Gasteiger partial charge in [0, 0.05) is 46.9 Å². The highest BCUT2D eigenvalue weighted by atomic mass is 15.8. The van der Waals surface area contributed by atoms with E-state index in [-0.39, 0.29) is 12.1 Å². The maximum atomic E-state index is 6.22. The van der Waals surface area contributed by atoms with Crippen LogP contribution < -0.4 is 53.2 Å². The molecular formula is C50H58N10. The molecule has 60 heavy (non-hydrogen) atoms. The van der Waals surface area contributed by atoms with Gasteiger partial charge in [-0.1, -0.05) is 35.4 Å². The van der Waals surface area contributed by atoms with E-state index < -0.39 is 0 Å². The van der Waals surface area contributed by atoms with Crippen LogP contribution in [0.1, 0.15) is 62.5 Å². The van der Waals surface area contributed by atoms with Gasteiger partial charge in [-0.05, 0) is 187 Å². The van der Waals surface area contributed by atoms with Crippen LogP contribution in [-0.4, -0.2) is 24.2 Å². The Bertz CT molecular complexity index is 2280. The third kappa shape index (κ3) is 9.01. The van der Waals surface area contributed by atoms with E-state index in [0.717, 1.165) is 108 Å². The number of benzene rings is 6. The molecule has 12 rings (SSSR count). The van der Waals surface area contributed by atoms with Gasteiger partial charge in [-0.15, -0.1) is 11.1 Å². The summed E-state index contributed by atoms with van der Waals surface area (Å²) in [4.78, 5) is 0. The van der Waals surface area contributed by atoms with Gasteiger partial charge in [-0.25, -0.2) is 0 Å². The number of hydrogen-bond acceptors (Lipinski definition) is 10. The highest BCUT2D eigenvalue weighted by Gasteiger charge is 2.33. The van der Waals surface area contributed by atoms with Gasteiger partial charge in [0.15, 0.2) is 0 Å². The summed E-state index contributed by atoms with van der Waals surface area (Å²) in [6.45, 7) is 4.29. The first-order valence-electron chi connectivity index (χ1n) is 21.6. The predicted octanol–water partition coefficient (Wildman–Crippen LogP) is 10.8. The van der Waals surface area contributed by atoms with Crippen LogP contribution >= 0.6 is 0 Å². The molecule has 0 amide bonds. The summed E-state index contributed by atoms with van der Waals surface area (Å²) in [6, 6.07) is 53.2. The first-order valence-corrected chi connectivity index (χ1v) is 21.6. The lowest BCUT2D eigenvalue weighted by atomic mass is 9.90. The quantitative estimate of drug-likeness (QED) is 0.0832. The topological polar surface area (TPSA) is 113 Å². The molecule has 0 saturated heterocycles. The van der Waals surface area contributed by atoms with Gasteiger partial charge in [-0.3, -0.25) is 20.0 Å². The average Bonchev–Trinajstić information content (AvgIpc) is 3.28. The molecule has 4 heterocycles. The van der Waals surface area contributed by atoms with Crippen LogP contribution in [0.3, 0.4) is 0 Å². The molecule has 0 spiro atoms. The van der Waals surface area contributed by atoms with Crippen LogP contribution in [0.15, 0.2) is 146 Å². The lowest BCUT2D eigenvalue weighted by Crippen LogP contribution is -2.58. The second-order valence-corrected chi connectivity index (χ2v) is 16.9. The minimum atomic E-state index is 0.230. The van der Waals surface area contributed by atoms with Crippen LogP contribution in [-0.2, 0) is 0 Å². The van der Waals surface area contributed by atoms with E-state index in [4.69, 9.17) is 11.5 Å². The summed E-state index contributed by atoms with van der Waals surface area (Å²) in [5.74, 6) is 0. The molecule has 2 fully saturated rings. The Hall–Kier alpha value is -6.20. The van der Waals surface area contributed by atoms with Crippen LogP contribution in [0, 0.1) is 13.8 Å². The molecule has 8 N–H and O–H groups in total. The number of rotatable bonds is 8. The Morgan fingerprint density at radius 2 is 0.783 bits per heavy atom. The summed E-state index contributed by atoms with van der Waals surface area (Å²) in [5.41, 5.74) is 32.9. The number of nitrogens with two attached hydrogens (primary N) is 2. The zero-order valence-corrected chi connectivity index (χ0v) is 34.8. The first kappa shape index (κ1) is 39.3. The molecule has 4 aliphatic heterocycles. The van der Waals surface area contributed by atoms with E-state index in [1.807, 2.05) is 24.3 Å². The SMILES string of the molecule is Cc1ccc(N2NN(c3ccc(C)cc3)C3CCC(CC3)N(c3ccc(Nc4ccc(N)cc4)cc3)NN(c3ccc(NC4CCC(N)CC4)cc3)c3ccc2cc3)cc1. The Balaban J connectivity index is 1.10. The molecule has 6 aliphatic rings. The van der Waals surface area contributed by atoms with Gasteiger partial charge in [0.1, 0.15) is 0 Å². The van der Waals surface area contributed by atoms with Crippen molar-refractivity contribution >= 4 is 56.9 Å². The lowest BCUT2D eigenvalue weighted by Gasteiger charge is -2.46. The zero-order chi connectivity index (χ0) is 41.0. The smallest absolute Gasteiger partial charge is 0.0597 e. The predicted molar refractivity (Wildman–Crippen MR) is 251 cm³/mol. The zero-order valence-electron chi connectivity index (χ0n) is 34.8. The monoisotopic (exact) mass is 798 g/mol. The van der Waals surface area contributed by atoms with Gasteiger partial charge < -0.3 is 22.1 Å². The number of nitrogen functional groups attached to an aromatic ring is 1. The van der Waals surface area contributed by atoms with Gasteiger partial charge in [0.25, 0.3) is 0 Å². The third-order valence-corrected chi connectivity index (χ3v) is 12.4. The van der Waals surface area contributed by atoms with E-state index >= 15 is 0 Å². The van der Waals surface area contributed by atoms with E-state index in [0.29, 0.717) is 12.1 Å². The van der Waals surface area contributed by atoms with Crippen molar-refractivity contribution in [3.8, 4) is 0 Å². The molecule has 0 atom stereocenters. The van der Waals surface area contributed by atoms with Crippen molar-refractivity contribution in [2.45, 2.75) is 89.4 Å². The summed E-state index contributed by atoms with van der Waals surface area (Å²) in [6.07, 6.45) is 8.35. The van der Waals surface area contributed by atoms with E-state index in [9.17, 15) is 0 Å². The number of hydrazine groups is 4. The van der Waals surface area contributed by atoms with Crippen molar-refractivity contribution in [1.82, 2.24) is 11.1 Å². The second kappa shape index (κ2) is 17.6. The van der Waals surface area contributed by atoms with Gasteiger partial charge in [-0.2, -0.15) is 0 Å². The standard InChI is InChI=1S/C50H58N10/c1-35-3-19-43(20-4-35)57-47-27-31-49(32-28-47)59(45-23-15-41(16-24-45)53-39-11-7-37(51)8-12-39)56-60(46-25-17-42(18-26-46)54-40-13-9-38(52)10-14-40)50-33-29-48(30-34-50)58(55-57)44-21-5-36(2)6-22-44/h3-8,11-12,15-26,29-30,33-34,38,40,47,49,53-56H,9-10,13-14,27-28,31-32,51-52H2,1-2H3. The van der Waals surface area contributed by atoms with Crippen molar-refractivity contribution in [3.05, 3.63) is 157 Å². The Labute approximate surface area is 355 Å². The molecule has 308 valence electrons. The van der Waals surface area contributed by atoms with Crippen molar-refractivity contribution in [2.24, 2.45) is 5.73 Å². The van der Waals surface area contributed by atoms with Crippen molar-refractivity contribution in [3.63, 3.8) is 0 Å². The molecular weight excluding hydrogens is 741 g/mol. The lowest BCUT2D eigenvalue weighted by molar-refractivity contribution is 0.328. The molecule has 10 nitrogen and oxygen atoms in total. The van der Waals surface area contributed by atoms with Crippen molar-refractivity contribution in [2.75, 3.05) is 36.4 Å². The van der Waals surface area contributed by atoms with E-state index in [1.54, 1.807) is 0 Å². The molecule has 0 unspecified atom stereocenters. The Kier molecular flexibility index (Phi) is 11.5. The molecule has 10 heteroatoms. The number of nitrogens with zero attached hydrogens (tertiary/aromatic N) is 4. The van der Waals surface area contributed by atoms with Crippen LogP contribution in [0.2, 0.25) is 0 Å². The molecule has 2 aliphatic carbocycles. The fourth-order valence-corrected chi connectivity index (χ4v) is 8.81. The largest absolute Gasteiger partial charge is 0.399 e. The summed E-state index contributed by atoms with van der Waals surface area (Å²) in [5, 5.41) is 16.6. The number of anilines is 10. The molecule has 2 saturated carbocycles. The van der Waals surface area contributed by atoms with E-state index in [1.165, 1.54) is 11.1 Å². The van der Waals surface area contributed by atoms with Crippen molar-refractivity contribution < 1.29 is 0 Å². The third-order valence-electron chi connectivity index (χ3n) is 12.4. The minimum Gasteiger partial charge on any atom is -0.399 e. The maximum Gasteiger partial charge on any atom is 0.0597 e. The summed E-state index contributed by atoms with van der Waals surface area (Å²) >= 11 is 0. The van der Waals surface area contributed by atoms with Crippen molar-refractivity contribution in [1.29, 1.82) is 0 Å². The number of aryl methyl sites for hydroxylation is 2. The van der Waals surface area contributed by atoms with Crippen LogP contribution in [0.25, 0.3) is 0 Å². The number of hydrogen-bond donors (Lipinski definition) is 6. The molecule has 6 aromatic rings. The van der Waals surface area contributed by atoms with Gasteiger partial charge in [0.05, 0.1) is 34.1 Å². The first-order chi connectivity index (χ1) is 29.3. The highest BCUT2D eigenvalue weighted by Crippen LogP contribution is 2.37. The Morgan fingerprint density at radius 3 is 1.23 bits per heavy atom. The van der Waals surface area contributed by atoms with Crippen LogP contribution in [0.5, 0.6) is 0 Å². The second-order valence-electron chi connectivity index (χ2n) is 16.9. The summed E-state index contributed by atoms with van der Waals surface area (Å²) < 4.78 is 0. The Morgan fingerprint density at radius 1 is 0.433 bits per heavy atom. The van der Waals surface area contributed by atoms with Crippen LogP contribution in [0.4, 0.5) is 56.9 Å². The molecule has 4 bridgehead atoms. The maximum absolute atomic E-state index is 6.22. The molecule has 0 radical (unpaired) electrons. The average molecular weight is 799 g/mol. The highest BCUT2D eigenvalue weighted by molar-refractivity contribution is 5.71. The minimum absolute atomic E-state index is 0.230. The van der Waals surface area contributed by atoms with Gasteiger partial charge >= 0.3 is 0 Å². The fourth-order valence-electron chi connectivity index (χ4n) is 8.81. The fraction of sp³-hybridized carbons (Fsp3) is 0.280. The number of nitrogens with one attached hydrogen (secondary N) is 4. The normalized spacial score (nSPS) is 20.9. The van der Waals surface area contributed by atoms with Gasteiger partial charge in [0.2, 0.25) is 0 Å². The molecule has 6 aromatic carbocycles.